The number of halogens is 2. The molecule has 1 heterocycles. The van der Waals surface area contributed by atoms with Gasteiger partial charge in [-0.2, -0.15) is 0 Å². The maximum atomic E-state index is 6.00. The van der Waals surface area contributed by atoms with E-state index < -0.39 is 0 Å². The molecule has 0 aliphatic rings. The molecule has 4 aromatic rings. The van der Waals surface area contributed by atoms with Gasteiger partial charge in [-0.1, -0.05) is 18.2 Å². The SMILES string of the molecule is ClCCN(CCCl)c1ccc(Oc2ccc(Nc3ccnc4ccccc34)cc2)cc1. The molecule has 6 heteroatoms. The van der Waals surface area contributed by atoms with E-state index in [0.29, 0.717) is 11.8 Å². The molecule has 3 aromatic carbocycles. The van der Waals surface area contributed by atoms with Crippen molar-refractivity contribution >= 4 is 51.2 Å². The number of para-hydroxylation sites is 1. The lowest BCUT2D eigenvalue weighted by Gasteiger charge is -2.23. The Morgan fingerprint density at radius 2 is 1.42 bits per heavy atom. The van der Waals surface area contributed by atoms with Crippen molar-refractivity contribution in [3.05, 3.63) is 85.1 Å². The van der Waals surface area contributed by atoms with Crippen molar-refractivity contribution in [3.63, 3.8) is 0 Å². The molecule has 4 rings (SSSR count). The summed E-state index contributed by atoms with van der Waals surface area (Å²) in [5.41, 5.74) is 4.05. The van der Waals surface area contributed by atoms with E-state index in [1.807, 2.05) is 79.0 Å². The van der Waals surface area contributed by atoms with Crippen molar-refractivity contribution in [3.8, 4) is 11.5 Å². The number of benzene rings is 3. The second-order valence-electron chi connectivity index (χ2n) is 6.99. The Morgan fingerprint density at radius 1 is 0.774 bits per heavy atom. The van der Waals surface area contributed by atoms with Crippen LogP contribution in [0.2, 0.25) is 0 Å². The van der Waals surface area contributed by atoms with E-state index in [0.717, 1.165) is 52.6 Å². The highest BCUT2D eigenvalue weighted by atomic mass is 35.5. The lowest BCUT2D eigenvalue weighted by Crippen LogP contribution is -2.27. The third kappa shape index (κ3) is 5.40. The number of alkyl halides is 2. The lowest BCUT2D eigenvalue weighted by atomic mass is 10.2. The second kappa shape index (κ2) is 10.4. The third-order valence-electron chi connectivity index (χ3n) is 4.93. The quantitative estimate of drug-likeness (QED) is 0.276. The predicted molar refractivity (Wildman–Crippen MR) is 132 cm³/mol. The minimum Gasteiger partial charge on any atom is -0.457 e. The average Bonchev–Trinajstić information content (AvgIpc) is 2.81. The Labute approximate surface area is 192 Å². The maximum absolute atomic E-state index is 6.00. The molecule has 0 amide bonds. The molecule has 0 unspecified atom stereocenters. The molecule has 0 saturated heterocycles. The highest BCUT2D eigenvalue weighted by Crippen LogP contribution is 2.28. The first-order valence-corrected chi connectivity index (χ1v) is 11.2. The van der Waals surface area contributed by atoms with Crippen LogP contribution in [-0.2, 0) is 0 Å². The Balaban J connectivity index is 1.42. The number of nitrogens with one attached hydrogen (secondary N) is 1. The van der Waals surface area contributed by atoms with E-state index in [-0.39, 0.29) is 0 Å². The summed E-state index contributed by atoms with van der Waals surface area (Å²) in [5, 5.41) is 4.55. The monoisotopic (exact) mass is 451 g/mol. The summed E-state index contributed by atoms with van der Waals surface area (Å²) in [5.74, 6) is 2.67. The largest absolute Gasteiger partial charge is 0.457 e. The molecule has 4 nitrogen and oxygen atoms in total. The van der Waals surface area contributed by atoms with E-state index >= 15 is 0 Å². The molecular formula is C25H23Cl2N3O. The number of anilines is 3. The molecule has 0 radical (unpaired) electrons. The van der Waals surface area contributed by atoms with Gasteiger partial charge in [-0.05, 0) is 60.7 Å². The van der Waals surface area contributed by atoms with Crippen LogP contribution >= 0.6 is 23.2 Å². The molecule has 0 bridgehead atoms. The van der Waals surface area contributed by atoms with Crippen LogP contribution in [0.5, 0.6) is 11.5 Å². The first-order chi connectivity index (χ1) is 15.3. The van der Waals surface area contributed by atoms with Gasteiger partial charge in [-0.3, -0.25) is 4.98 Å². The van der Waals surface area contributed by atoms with Crippen molar-refractivity contribution in [1.29, 1.82) is 0 Å². The summed E-state index contributed by atoms with van der Waals surface area (Å²) in [6, 6.07) is 25.9. The minimum atomic E-state index is 0.560. The van der Waals surface area contributed by atoms with Crippen LogP contribution in [0.25, 0.3) is 10.9 Å². The highest BCUT2D eigenvalue weighted by molar-refractivity contribution is 6.18. The van der Waals surface area contributed by atoms with Gasteiger partial charge in [0.1, 0.15) is 11.5 Å². The van der Waals surface area contributed by atoms with Gasteiger partial charge in [0.2, 0.25) is 0 Å². The lowest BCUT2D eigenvalue weighted by molar-refractivity contribution is 0.483. The zero-order valence-corrected chi connectivity index (χ0v) is 18.5. The van der Waals surface area contributed by atoms with Crippen LogP contribution in [0, 0.1) is 0 Å². The summed E-state index contributed by atoms with van der Waals surface area (Å²) in [4.78, 5) is 6.57. The molecule has 1 N–H and O–H groups in total. The molecule has 0 spiro atoms. The van der Waals surface area contributed by atoms with E-state index in [4.69, 9.17) is 27.9 Å². The van der Waals surface area contributed by atoms with E-state index in [2.05, 4.69) is 21.3 Å². The molecule has 0 fully saturated rings. The van der Waals surface area contributed by atoms with Crippen LogP contribution in [0.3, 0.4) is 0 Å². The fraction of sp³-hybridized carbons (Fsp3) is 0.160. The molecule has 158 valence electrons. The average molecular weight is 452 g/mol. The number of pyridine rings is 1. The molecular weight excluding hydrogens is 429 g/mol. The molecule has 0 aliphatic carbocycles. The zero-order chi connectivity index (χ0) is 21.5. The standard InChI is InChI=1S/C25H23Cl2N3O/c26-14-17-30(18-15-27)20-7-11-22(12-8-20)31-21-9-5-19(6-10-21)29-25-13-16-28-24-4-2-1-3-23(24)25/h1-13,16H,14-15,17-18H2,(H,28,29). The highest BCUT2D eigenvalue weighted by Gasteiger charge is 2.06. The minimum absolute atomic E-state index is 0.560. The molecule has 0 aliphatic heterocycles. The van der Waals surface area contributed by atoms with Crippen molar-refractivity contribution in [2.75, 3.05) is 35.1 Å². The van der Waals surface area contributed by atoms with Crippen molar-refractivity contribution in [1.82, 2.24) is 4.98 Å². The van der Waals surface area contributed by atoms with Crippen molar-refractivity contribution < 1.29 is 4.74 Å². The van der Waals surface area contributed by atoms with Gasteiger partial charge in [0.15, 0.2) is 0 Å². The van der Waals surface area contributed by atoms with Gasteiger partial charge in [0.25, 0.3) is 0 Å². The van der Waals surface area contributed by atoms with Crippen LogP contribution in [0.15, 0.2) is 85.1 Å². The Kier molecular flexibility index (Phi) is 7.13. The van der Waals surface area contributed by atoms with Gasteiger partial charge in [-0.25, -0.2) is 0 Å². The first-order valence-electron chi connectivity index (χ1n) is 10.1. The molecule has 1 aromatic heterocycles. The summed E-state index contributed by atoms with van der Waals surface area (Å²) in [6.45, 7) is 1.52. The Hall–Kier alpha value is -2.95. The van der Waals surface area contributed by atoms with E-state index in [1.165, 1.54) is 0 Å². The van der Waals surface area contributed by atoms with E-state index in [9.17, 15) is 0 Å². The number of fused-ring (bicyclic) bond motifs is 1. The summed E-state index contributed by atoms with van der Waals surface area (Å²) in [6.07, 6.45) is 1.81. The Bertz CT molecular complexity index is 1110. The summed E-state index contributed by atoms with van der Waals surface area (Å²) >= 11 is 11.8. The van der Waals surface area contributed by atoms with E-state index in [1.54, 1.807) is 0 Å². The van der Waals surface area contributed by atoms with Crippen LogP contribution < -0.4 is 15.0 Å². The number of ether oxygens (including phenoxy) is 1. The number of nitrogens with zero attached hydrogens (tertiary/aromatic N) is 2. The second-order valence-corrected chi connectivity index (χ2v) is 7.74. The van der Waals surface area contributed by atoms with Crippen molar-refractivity contribution in [2.45, 2.75) is 0 Å². The van der Waals surface area contributed by atoms with Crippen LogP contribution in [0.4, 0.5) is 17.1 Å². The summed E-state index contributed by atoms with van der Waals surface area (Å²) in [7, 11) is 0. The molecule has 31 heavy (non-hydrogen) atoms. The third-order valence-corrected chi connectivity index (χ3v) is 5.27. The van der Waals surface area contributed by atoms with Crippen LogP contribution in [0.1, 0.15) is 0 Å². The predicted octanol–water partition coefficient (Wildman–Crippen LogP) is 7.05. The molecule has 0 atom stereocenters. The van der Waals surface area contributed by atoms with Gasteiger partial charge in [0.05, 0.1) is 5.52 Å². The number of hydrogen-bond donors (Lipinski definition) is 1. The smallest absolute Gasteiger partial charge is 0.127 e. The fourth-order valence-corrected chi connectivity index (χ4v) is 3.81. The fourth-order valence-electron chi connectivity index (χ4n) is 3.40. The Morgan fingerprint density at radius 3 is 2.10 bits per heavy atom. The van der Waals surface area contributed by atoms with Gasteiger partial charge in [-0.15, -0.1) is 23.2 Å². The topological polar surface area (TPSA) is 37.4 Å². The van der Waals surface area contributed by atoms with Crippen molar-refractivity contribution in [2.24, 2.45) is 0 Å². The van der Waals surface area contributed by atoms with Crippen LogP contribution in [-0.4, -0.2) is 29.8 Å². The van der Waals surface area contributed by atoms with Gasteiger partial charge in [0, 0.05) is 53.5 Å². The maximum Gasteiger partial charge on any atom is 0.127 e. The summed E-state index contributed by atoms with van der Waals surface area (Å²) < 4.78 is 6.00. The number of hydrogen-bond acceptors (Lipinski definition) is 4. The number of aromatic nitrogens is 1. The van der Waals surface area contributed by atoms with Gasteiger partial charge < -0.3 is 15.0 Å². The first kappa shape index (κ1) is 21.3. The van der Waals surface area contributed by atoms with Gasteiger partial charge >= 0.3 is 0 Å². The normalized spacial score (nSPS) is 10.8. The molecule has 0 saturated carbocycles. The number of rotatable bonds is 9. The zero-order valence-electron chi connectivity index (χ0n) is 17.0.